The largest absolute Gasteiger partial charge is 0.395 e. The van der Waals surface area contributed by atoms with Crippen molar-refractivity contribution in [1.82, 2.24) is 10.4 Å². The molecule has 1 aliphatic rings. The summed E-state index contributed by atoms with van der Waals surface area (Å²) in [4.78, 5) is 12.0. The molecule has 0 aromatic heterocycles. The topological polar surface area (TPSA) is 61.8 Å². The quantitative estimate of drug-likeness (QED) is 0.798. The predicted molar refractivity (Wildman–Crippen MR) is 74.8 cm³/mol. The van der Waals surface area contributed by atoms with Gasteiger partial charge in [0.05, 0.1) is 25.4 Å². The number of morpholine rings is 1. The molecule has 1 saturated heterocycles. The van der Waals surface area contributed by atoms with E-state index in [0.717, 1.165) is 0 Å². The highest BCUT2D eigenvalue weighted by atomic mass is 19.1. The van der Waals surface area contributed by atoms with Crippen LogP contribution in [0, 0.1) is 17.7 Å². The van der Waals surface area contributed by atoms with Crippen LogP contribution in [0.15, 0.2) is 18.2 Å². The summed E-state index contributed by atoms with van der Waals surface area (Å²) in [5.74, 6) is 4.33. The zero-order valence-electron chi connectivity index (χ0n) is 11.6. The van der Waals surface area contributed by atoms with Crippen molar-refractivity contribution in [1.29, 1.82) is 0 Å². The van der Waals surface area contributed by atoms with Gasteiger partial charge in [-0.15, -0.1) is 0 Å². The lowest BCUT2D eigenvalue weighted by molar-refractivity contribution is 0.0125. The predicted octanol–water partition coefficient (Wildman–Crippen LogP) is 0.537. The van der Waals surface area contributed by atoms with Gasteiger partial charge >= 0.3 is 0 Å². The van der Waals surface area contributed by atoms with Gasteiger partial charge < -0.3 is 9.84 Å². The Hall–Kier alpha value is -1.94. The number of ether oxygens (including phenoxy) is 1. The fourth-order valence-electron chi connectivity index (χ4n) is 1.88. The van der Waals surface area contributed by atoms with Gasteiger partial charge in [-0.1, -0.05) is 11.8 Å². The second kappa shape index (κ2) is 7.74. The van der Waals surface area contributed by atoms with Crippen molar-refractivity contribution in [2.75, 3.05) is 32.9 Å². The molecule has 112 valence electrons. The first-order valence-corrected chi connectivity index (χ1v) is 6.73. The summed E-state index contributed by atoms with van der Waals surface area (Å²) in [6.45, 7) is 2.22. The van der Waals surface area contributed by atoms with Crippen molar-refractivity contribution in [2.45, 2.75) is 6.42 Å². The summed E-state index contributed by atoms with van der Waals surface area (Å²) in [7, 11) is 0. The average Bonchev–Trinajstić information content (AvgIpc) is 2.48. The molecule has 0 spiro atoms. The highest BCUT2D eigenvalue weighted by Crippen LogP contribution is 2.10. The number of hydrogen-bond donors (Lipinski definition) is 2. The second-order valence-electron chi connectivity index (χ2n) is 4.51. The molecule has 5 nitrogen and oxygen atoms in total. The van der Waals surface area contributed by atoms with Crippen LogP contribution < -0.4 is 5.43 Å². The molecule has 0 unspecified atom stereocenters. The first kappa shape index (κ1) is 15.4. The zero-order valence-corrected chi connectivity index (χ0v) is 11.6. The smallest absolute Gasteiger partial charge is 0.268 e. The van der Waals surface area contributed by atoms with Crippen LogP contribution in [0.5, 0.6) is 0 Å². The molecule has 2 rings (SSSR count). The van der Waals surface area contributed by atoms with E-state index in [1.807, 2.05) is 0 Å². The molecule has 1 heterocycles. The Morgan fingerprint density at radius 1 is 1.43 bits per heavy atom. The maximum atomic E-state index is 13.9. The SMILES string of the molecule is O=C(NN1CCOCC1)c1ccc(C#CCCO)cc1F. The average molecular weight is 292 g/mol. The number of halogens is 1. The van der Waals surface area contributed by atoms with E-state index in [2.05, 4.69) is 17.3 Å². The van der Waals surface area contributed by atoms with Crippen LogP contribution in [0.3, 0.4) is 0 Å². The van der Waals surface area contributed by atoms with Crippen LogP contribution in [-0.4, -0.2) is 48.9 Å². The number of nitrogens with one attached hydrogen (secondary N) is 1. The number of benzene rings is 1. The number of aliphatic hydroxyl groups excluding tert-OH is 1. The Labute approximate surface area is 122 Å². The van der Waals surface area contributed by atoms with Gasteiger partial charge in [-0.05, 0) is 18.2 Å². The first-order chi connectivity index (χ1) is 10.2. The van der Waals surface area contributed by atoms with Crippen LogP contribution >= 0.6 is 0 Å². The standard InChI is InChI=1S/C15H17FN2O3/c16-14-11-12(3-1-2-8-19)4-5-13(14)15(20)17-18-6-9-21-10-7-18/h4-5,11,19H,2,6-10H2,(H,17,20). The fraction of sp³-hybridized carbons (Fsp3) is 0.400. The number of nitrogens with zero attached hydrogens (tertiary/aromatic N) is 1. The minimum absolute atomic E-state index is 0.0193. The van der Waals surface area contributed by atoms with Crippen molar-refractivity contribution >= 4 is 5.91 Å². The molecule has 1 aliphatic heterocycles. The van der Waals surface area contributed by atoms with Gasteiger partial charge in [0.1, 0.15) is 5.82 Å². The van der Waals surface area contributed by atoms with Crippen LogP contribution in [0.4, 0.5) is 4.39 Å². The Kier molecular flexibility index (Phi) is 5.69. The van der Waals surface area contributed by atoms with Crippen LogP contribution in [-0.2, 0) is 4.74 Å². The van der Waals surface area contributed by atoms with Crippen molar-refractivity contribution in [2.24, 2.45) is 0 Å². The third-order valence-electron chi connectivity index (χ3n) is 2.95. The lowest BCUT2D eigenvalue weighted by Gasteiger charge is -2.26. The number of rotatable bonds is 3. The van der Waals surface area contributed by atoms with Gasteiger partial charge in [0.2, 0.25) is 0 Å². The summed E-state index contributed by atoms with van der Waals surface area (Å²) < 4.78 is 19.1. The minimum atomic E-state index is -0.614. The molecule has 1 amide bonds. The third-order valence-corrected chi connectivity index (χ3v) is 2.95. The van der Waals surface area contributed by atoms with E-state index in [0.29, 0.717) is 38.3 Å². The molecule has 0 atom stereocenters. The molecular weight excluding hydrogens is 275 g/mol. The minimum Gasteiger partial charge on any atom is -0.395 e. The number of hydrazine groups is 1. The van der Waals surface area contributed by atoms with Gasteiger partial charge in [-0.2, -0.15) is 0 Å². The lowest BCUT2D eigenvalue weighted by Crippen LogP contribution is -2.48. The third kappa shape index (κ3) is 4.53. The van der Waals surface area contributed by atoms with E-state index >= 15 is 0 Å². The monoisotopic (exact) mass is 292 g/mol. The summed E-state index contributed by atoms with van der Waals surface area (Å²) >= 11 is 0. The van der Waals surface area contributed by atoms with E-state index in [4.69, 9.17) is 9.84 Å². The summed E-state index contributed by atoms with van der Waals surface area (Å²) in [6, 6.07) is 4.22. The molecule has 1 aromatic rings. The number of aliphatic hydroxyl groups is 1. The maximum absolute atomic E-state index is 13.9. The van der Waals surface area contributed by atoms with Gasteiger partial charge in [0, 0.05) is 25.1 Å². The number of hydrogen-bond acceptors (Lipinski definition) is 4. The second-order valence-corrected chi connectivity index (χ2v) is 4.51. The molecule has 0 radical (unpaired) electrons. The molecular formula is C15H17FN2O3. The van der Waals surface area contributed by atoms with E-state index in [9.17, 15) is 9.18 Å². The van der Waals surface area contributed by atoms with Crippen molar-refractivity contribution < 1.29 is 19.0 Å². The molecule has 1 fully saturated rings. The number of carbonyl (C=O) groups is 1. The van der Waals surface area contributed by atoms with Crippen LogP contribution in [0.2, 0.25) is 0 Å². The van der Waals surface area contributed by atoms with E-state index in [1.54, 1.807) is 11.1 Å². The highest BCUT2D eigenvalue weighted by molar-refractivity contribution is 5.94. The Morgan fingerprint density at radius 3 is 2.86 bits per heavy atom. The molecule has 6 heteroatoms. The Morgan fingerprint density at radius 2 is 2.19 bits per heavy atom. The lowest BCUT2D eigenvalue weighted by atomic mass is 10.1. The molecule has 2 N–H and O–H groups in total. The Balaban J connectivity index is 2.02. The molecule has 21 heavy (non-hydrogen) atoms. The first-order valence-electron chi connectivity index (χ1n) is 6.73. The van der Waals surface area contributed by atoms with Gasteiger partial charge in [-0.3, -0.25) is 10.2 Å². The molecule has 0 bridgehead atoms. The number of amides is 1. The highest BCUT2D eigenvalue weighted by Gasteiger charge is 2.17. The van der Waals surface area contributed by atoms with Crippen molar-refractivity contribution in [3.8, 4) is 11.8 Å². The molecule has 0 saturated carbocycles. The van der Waals surface area contributed by atoms with E-state index < -0.39 is 11.7 Å². The Bertz CT molecular complexity index is 560. The molecule has 0 aliphatic carbocycles. The van der Waals surface area contributed by atoms with Crippen LogP contribution in [0.1, 0.15) is 22.3 Å². The maximum Gasteiger partial charge on any atom is 0.268 e. The zero-order chi connectivity index (χ0) is 15.1. The normalized spacial score (nSPS) is 15.1. The van der Waals surface area contributed by atoms with Gasteiger partial charge in [0.15, 0.2) is 0 Å². The van der Waals surface area contributed by atoms with Crippen molar-refractivity contribution in [3.05, 3.63) is 35.1 Å². The van der Waals surface area contributed by atoms with Crippen LogP contribution in [0.25, 0.3) is 0 Å². The summed E-state index contributed by atoms with van der Waals surface area (Å²) in [5, 5.41) is 10.3. The van der Waals surface area contributed by atoms with Crippen molar-refractivity contribution in [3.63, 3.8) is 0 Å². The number of carbonyl (C=O) groups excluding carboxylic acids is 1. The molecule has 1 aromatic carbocycles. The summed E-state index contributed by atoms with van der Waals surface area (Å²) in [5.41, 5.74) is 3.11. The fourth-order valence-corrected chi connectivity index (χ4v) is 1.88. The van der Waals surface area contributed by atoms with E-state index in [-0.39, 0.29) is 12.2 Å². The van der Waals surface area contributed by atoms with Gasteiger partial charge in [-0.25, -0.2) is 9.40 Å². The summed E-state index contributed by atoms with van der Waals surface area (Å²) in [6.07, 6.45) is 0.334. The van der Waals surface area contributed by atoms with Gasteiger partial charge in [0.25, 0.3) is 5.91 Å². The van der Waals surface area contributed by atoms with E-state index in [1.165, 1.54) is 12.1 Å².